The van der Waals surface area contributed by atoms with E-state index < -0.39 is 11.9 Å². The molecule has 1 fully saturated rings. The van der Waals surface area contributed by atoms with Crippen LogP contribution < -0.4 is 10.2 Å². The second-order valence-electron chi connectivity index (χ2n) is 8.37. The number of pyridine rings is 1. The fraction of sp³-hybridized carbons (Fsp3) is 0.231. The van der Waals surface area contributed by atoms with Crippen LogP contribution in [0.25, 0.3) is 17.0 Å². The SMILES string of the molecule is CCc1nc2ccc(C=C3SC(Nc4c(Cl)cccc4Cl)=NC3=O)cc2c(N2CCOCC2)c1C(=O)O. The number of carboxylic acid groups (broad SMARTS) is 1. The molecule has 3 heterocycles. The summed E-state index contributed by atoms with van der Waals surface area (Å²) in [6.45, 7) is 4.09. The average molecular weight is 557 g/mol. The van der Waals surface area contributed by atoms with E-state index in [1.807, 2.05) is 30.0 Å². The number of carbonyl (C=O) groups excluding carboxylic acids is 1. The summed E-state index contributed by atoms with van der Waals surface area (Å²) in [5.41, 5.74) is 3.28. The number of para-hydroxylation sites is 1. The van der Waals surface area contributed by atoms with Crippen LogP contribution in [-0.2, 0) is 16.0 Å². The number of amides is 1. The van der Waals surface area contributed by atoms with E-state index in [4.69, 9.17) is 27.9 Å². The molecule has 1 amide bonds. The molecule has 1 aromatic heterocycles. The maximum atomic E-state index is 12.7. The Morgan fingerprint density at radius 3 is 2.62 bits per heavy atom. The molecule has 37 heavy (non-hydrogen) atoms. The van der Waals surface area contributed by atoms with Gasteiger partial charge in [-0.1, -0.05) is 42.3 Å². The number of rotatable bonds is 5. The lowest BCUT2D eigenvalue weighted by Gasteiger charge is -2.31. The number of benzene rings is 2. The predicted octanol–water partition coefficient (Wildman–Crippen LogP) is 5.72. The van der Waals surface area contributed by atoms with Gasteiger partial charge >= 0.3 is 5.97 Å². The van der Waals surface area contributed by atoms with Crippen molar-refractivity contribution in [3.05, 3.63) is 68.2 Å². The van der Waals surface area contributed by atoms with Gasteiger partial charge in [0, 0.05) is 18.5 Å². The monoisotopic (exact) mass is 556 g/mol. The van der Waals surface area contributed by atoms with Crippen molar-refractivity contribution in [2.75, 3.05) is 36.5 Å². The molecular weight excluding hydrogens is 535 g/mol. The van der Waals surface area contributed by atoms with Crippen molar-refractivity contribution in [1.82, 2.24) is 4.98 Å². The lowest BCUT2D eigenvalue weighted by atomic mass is 10.0. The van der Waals surface area contributed by atoms with E-state index in [0.29, 0.717) is 80.8 Å². The van der Waals surface area contributed by atoms with Crippen LogP contribution in [0.5, 0.6) is 0 Å². The van der Waals surface area contributed by atoms with Crippen LogP contribution in [-0.4, -0.2) is 53.4 Å². The summed E-state index contributed by atoms with van der Waals surface area (Å²) in [6, 6.07) is 10.7. The Labute approximate surface area is 227 Å². The predicted molar refractivity (Wildman–Crippen MR) is 149 cm³/mol. The largest absolute Gasteiger partial charge is 0.478 e. The van der Waals surface area contributed by atoms with Crippen molar-refractivity contribution in [1.29, 1.82) is 0 Å². The van der Waals surface area contributed by atoms with E-state index in [9.17, 15) is 14.7 Å². The molecule has 2 aliphatic heterocycles. The summed E-state index contributed by atoms with van der Waals surface area (Å²) in [5, 5.41) is 15.0. The molecule has 0 unspecified atom stereocenters. The van der Waals surface area contributed by atoms with Gasteiger partial charge < -0.3 is 20.1 Å². The minimum atomic E-state index is -1.01. The zero-order chi connectivity index (χ0) is 26.1. The highest BCUT2D eigenvalue weighted by Crippen LogP contribution is 2.37. The van der Waals surface area contributed by atoms with E-state index in [1.54, 1.807) is 24.3 Å². The van der Waals surface area contributed by atoms with Crippen molar-refractivity contribution in [3.63, 3.8) is 0 Å². The smallest absolute Gasteiger partial charge is 0.339 e. The standard InChI is InChI=1S/C26H22Cl2N4O4S/c1-2-18-21(25(34)35)23(32-8-10-36-11-9-32)15-12-14(6-7-19(15)29-18)13-20-24(33)31-26(37-20)30-22-16(27)4-3-5-17(22)28/h3-7,12-13H,2,8-11H2,1H3,(H,34,35)(H,30,31,33). The first-order valence-electron chi connectivity index (χ1n) is 11.6. The minimum Gasteiger partial charge on any atom is -0.478 e. The number of fused-ring (bicyclic) bond motifs is 1. The molecule has 2 aromatic carbocycles. The fourth-order valence-corrected chi connectivity index (χ4v) is 5.65. The number of aromatic carboxylic acids is 1. The van der Waals surface area contributed by atoms with Gasteiger partial charge in [0.2, 0.25) is 0 Å². The van der Waals surface area contributed by atoms with Crippen LogP contribution in [0.2, 0.25) is 10.0 Å². The summed E-state index contributed by atoms with van der Waals surface area (Å²) < 4.78 is 5.49. The normalized spacial score (nSPS) is 16.9. The number of morpholine rings is 1. The van der Waals surface area contributed by atoms with E-state index in [1.165, 1.54) is 11.8 Å². The van der Waals surface area contributed by atoms with Crippen molar-refractivity contribution < 1.29 is 19.4 Å². The van der Waals surface area contributed by atoms with Gasteiger partial charge in [-0.2, -0.15) is 4.99 Å². The zero-order valence-electron chi connectivity index (χ0n) is 19.8. The lowest BCUT2D eigenvalue weighted by molar-refractivity contribution is -0.113. The Hall–Kier alpha value is -3.11. The zero-order valence-corrected chi connectivity index (χ0v) is 22.1. The molecule has 1 saturated heterocycles. The van der Waals surface area contributed by atoms with E-state index >= 15 is 0 Å². The molecule has 2 aliphatic rings. The third-order valence-electron chi connectivity index (χ3n) is 6.05. The maximum Gasteiger partial charge on any atom is 0.339 e. The highest BCUT2D eigenvalue weighted by Gasteiger charge is 2.26. The number of aryl methyl sites for hydroxylation is 1. The Morgan fingerprint density at radius 2 is 1.95 bits per heavy atom. The van der Waals surface area contributed by atoms with Crippen molar-refractivity contribution >= 4 is 80.4 Å². The number of amidine groups is 1. The van der Waals surface area contributed by atoms with E-state index in [2.05, 4.69) is 15.3 Å². The topological polar surface area (TPSA) is 104 Å². The summed E-state index contributed by atoms with van der Waals surface area (Å²) >= 11 is 13.6. The number of carbonyl (C=O) groups is 2. The molecule has 0 spiro atoms. The number of hydrogen-bond donors (Lipinski definition) is 2. The van der Waals surface area contributed by atoms with Gasteiger partial charge in [-0.25, -0.2) is 4.79 Å². The van der Waals surface area contributed by atoms with Crippen LogP contribution in [0.3, 0.4) is 0 Å². The van der Waals surface area contributed by atoms with Crippen molar-refractivity contribution in [3.8, 4) is 0 Å². The number of ether oxygens (including phenoxy) is 1. The number of hydrogen-bond acceptors (Lipinski definition) is 7. The first kappa shape index (κ1) is 25.5. The molecule has 8 nitrogen and oxygen atoms in total. The number of aliphatic imine (C=N–C) groups is 1. The van der Waals surface area contributed by atoms with Crippen molar-refractivity contribution in [2.45, 2.75) is 13.3 Å². The fourth-order valence-electron chi connectivity index (χ4n) is 4.34. The highest BCUT2D eigenvalue weighted by molar-refractivity contribution is 8.18. The number of nitrogens with zero attached hydrogens (tertiary/aromatic N) is 3. The van der Waals surface area contributed by atoms with Crippen molar-refractivity contribution in [2.24, 2.45) is 4.99 Å². The molecule has 0 saturated carbocycles. The Bertz CT molecular complexity index is 1460. The molecular formula is C26H22Cl2N4O4S. The van der Waals surface area contributed by atoms with E-state index in [-0.39, 0.29) is 5.56 Å². The third kappa shape index (κ3) is 5.17. The minimum absolute atomic E-state index is 0.208. The first-order valence-corrected chi connectivity index (χ1v) is 13.2. The second kappa shape index (κ2) is 10.7. The number of nitrogens with one attached hydrogen (secondary N) is 1. The highest BCUT2D eigenvalue weighted by atomic mass is 35.5. The van der Waals surface area contributed by atoms with Gasteiger partial charge in [0.1, 0.15) is 5.56 Å². The summed E-state index contributed by atoms with van der Waals surface area (Å²) in [7, 11) is 0. The third-order valence-corrected chi connectivity index (χ3v) is 7.57. The van der Waals surface area contributed by atoms with Crippen LogP contribution >= 0.6 is 35.0 Å². The summed E-state index contributed by atoms with van der Waals surface area (Å²) in [6.07, 6.45) is 2.23. The second-order valence-corrected chi connectivity index (χ2v) is 10.2. The molecule has 2 N–H and O–H groups in total. The maximum absolute atomic E-state index is 12.7. The number of anilines is 2. The number of thioether (sulfide) groups is 1. The quantitative estimate of drug-likeness (QED) is 0.384. The average Bonchev–Trinajstić information content (AvgIpc) is 3.23. The van der Waals surface area contributed by atoms with Gasteiger partial charge in [0.15, 0.2) is 5.17 Å². The molecule has 11 heteroatoms. The number of halogens is 2. The van der Waals surface area contributed by atoms with E-state index in [0.717, 1.165) is 5.56 Å². The van der Waals surface area contributed by atoms with Crippen LogP contribution in [0.4, 0.5) is 11.4 Å². The van der Waals surface area contributed by atoms with Crippen LogP contribution in [0.15, 0.2) is 46.3 Å². The summed E-state index contributed by atoms with van der Waals surface area (Å²) in [5.74, 6) is -1.41. The summed E-state index contributed by atoms with van der Waals surface area (Å²) in [4.78, 5) is 36.2. The lowest BCUT2D eigenvalue weighted by Crippen LogP contribution is -2.37. The van der Waals surface area contributed by atoms with Crippen LogP contribution in [0, 0.1) is 0 Å². The first-order chi connectivity index (χ1) is 17.9. The number of carboxylic acids is 1. The molecule has 0 radical (unpaired) electrons. The molecule has 0 aliphatic carbocycles. The van der Waals surface area contributed by atoms with Gasteiger partial charge in [-0.3, -0.25) is 9.78 Å². The van der Waals surface area contributed by atoms with Crippen LogP contribution in [0.1, 0.15) is 28.5 Å². The molecule has 0 bridgehead atoms. The molecule has 5 rings (SSSR count). The van der Waals surface area contributed by atoms with Gasteiger partial charge in [-0.05, 0) is 54.1 Å². The molecule has 3 aromatic rings. The Balaban J connectivity index is 1.52. The molecule has 190 valence electrons. The Morgan fingerprint density at radius 1 is 1.22 bits per heavy atom. The Kier molecular flexibility index (Phi) is 7.39. The van der Waals surface area contributed by atoms with Gasteiger partial charge in [-0.15, -0.1) is 0 Å². The molecule has 0 atom stereocenters. The van der Waals surface area contributed by atoms with Gasteiger partial charge in [0.05, 0.1) is 50.7 Å². The van der Waals surface area contributed by atoms with Gasteiger partial charge in [0.25, 0.3) is 5.91 Å². The number of aromatic nitrogens is 1.